The minimum Gasteiger partial charge on any atom is -0.494 e. The Bertz CT molecular complexity index is 526. The van der Waals surface area contributed by atoms with Gasteiger partial charge in [0.15, 0.2) is 0 Å². The molecule has 0 aliphatic heterocycles. The third-order valence-corrected chi connectivity index (χ3v) is 4.01. The summed E-state index contributed by atoms with van der Waals surface area (Å²) in [6, 6.07) is 9.58. The third kappa shape index (κ3) is 3.75. The van der Waals surface area contributed by atoms with Crippen LogP contribution in [0.4, 0.5) is 5.69 Å². The second-order valence-corrected chi connectivity index (χ2v) is 5.52. The molecule has 1 aliphatic carbocycles. The van der Waals surface area contributed by atoms with E-state index in [2.05, 4.69) is 11.4 Å². The number of anilines is 1. The Morgan fingerprint density at radius 1 is 1.33 bits per heavy atom. The fraction of sp³-hybridized carbons (Fsp3) is 0.529. The van der Waals surface area contributed by atoms with Gasteiger partial charge < -0.3 is 10.1 Å². The van der Waals surface area contributed by atoms with E-state index in [-0.39, 0.29) is 5.91 Å². The van der Waals surface area contributed by atoms with Crippen LogP contribution < -0.4 is 10.1 Å². The van der Waals surface area contributed by atoms with Gasteiger partial charge >= 0.3 is 0 Å². The second-order valence-electron chi connectivity index (χ2n) is 5.52. The number of amides is 1. The molecule has 112 valence electrons. The highest BCUT2D eigenvalue weighted by atomic mass is 16.5. The molecule has 0 heterocycles. The minimum absolute atomic E-state index is 0.180. The monoisotopic (exact) mass is 286 g/mol. The quantitative estimate of drug-likeness (QED) is 0.854. The zero-order chi connectivity index (χ0) is 15.1. The summed E-state index contributed by atoms with van der Waals surface area (Å²) in [6.07, 6.45) is 5.41. The molecule has 1 aliphatic rings. The summed E-state index contributed by atoms with van der Waals surface area (Å²) in [5.41, 5.74) is -0.192. The highest BCUT2D eigenvalue weighted by molar-refractivity contribution is 5.97. The Morgan fingerprint density at radius 3 is 2.67 bits per heavy atom. The number of carbonyl (C=O) groups excluding carboxylic acids is 1. The first-order chi connectivity index (χ1) is 10.2. The summed E-state index contributed by atoms with van der Waals surface area (Å²) in [5.74, 6) is 0.544. The Labute approximate surface area is 126 Å². The first kappa shape index (κ1) is 15.4. The molecule has 1 saturated carbocycles. The average molecular weight is 286 g/mol. The van der Waals surface area contributed by atoms with E-state index in [1.54, 1.807) is 6.07 Å². The average Bonchev–Trinajstić information content (AvgIpc) is 2.74. The third-order valence-electron chi connectivity index (χ3n) is 4.01. The molecule has 0 spiro atoms. The molecule has 2 rings (SSSR count). The lowest BCUT2D eigenvalue weighted by Crippen LogP contribution is -2.34. The van der Waals surface area contributed by atoms with Crippen molar-refractivity contribution in [2.75, 3.05) is 11.9 Å². The van der Waals surface area contributed by atoms with Gasteiger partial charge in [-0.3, -0.25) is 4.79 Å². The van der Waals surface area contributed by atoms with E-state index < -0.39 is 5.41 Å². The fourth-order valence-corrected chi connectivity index (χ4v) is 2.80. The first-order valence-electron chi connectivity index (χ1n) is 7.66. The number of benzene rings is 1. The van der Waals surface area contributed by atoms with Crippen molar-refractivity contribution in [3.63, 3.8) is 0 Å². The van der Waals surface area contributed by atoms with Crippen LogP contribution in [0.2, 0.25) is 0 Å². The highest BCUT2D eigenvalue weighted by Gasteiger charge is 2.38. The molecule has 4 nitrogen and oxygen atoms in total. The van der Waals surface area contributed by atoms with Gasteiger partial charge in [0.25, 0.3) is 0 Å². The number of ether oxygens (including phenoxy) is 1. The molecule has 0 radical (unpaired) electrons. The summed E-state index contributed by atoms with van der Waals surface area (Å²) in [7, 11) is 0. The molecule has 1 aromatic rings. The van der Waals surface area contributed by atoms with Crippen LogP contribution in [0.5, 0.6) is 5.75 Å². The SMILES string of the molecule is CCOc1cccc(NC(=O)C2(C#N)CCCCCC2)c1. The topological polar surface area (TPSA) is 62.1 Å². The lowest BCUT2D eigenvalue weighted by atomic mass is 9.81. The van der Waals surface area contributed by atoms with Crippen molar-refractivity contribution in [1.82, 2.24) is 0 Å². The predicted octanol–water partition coefficient (Wildman–Crippen LogP) is 3.89. The number of nitrogens with zero attached hydrogens (tertiary/aromatic N) is 1. The van der Waals surface area contributed by atoms with E-state index in [0.717, 1.165) is 31.4 Å². The van der Waals surface area contributed by atoms with Gasteiger partial charge in [-0.15, -0.1) is 0 Å². The molecule has 1 amide bonds. The Kier molecular flexibility index (Phi) is 5.21. The summed E-state index contributed by atoms with van der Waals surface area (Å²) >= 11 is 0. The molecule has 0 bridgehead atoms. The lowest BCUT2D eigenvalue weighted by Gasteiger charge is -2.23. The van der Waals surface area contributed by atoms with Crippen LogP contribution in [-0.2, 0) is 4.79 Å². The molecule has 0 aromatic heterocycles. The minimum atomic E-state index is -0.877. The van der Waals surface area contributed by atoms with Crippen molar-refractivity contribution in [3.05, 3.63) is 24.3 Å². The smallest absolute Gasteiger partial charge is 0.244 e. The van der Waals surface area contributed by atoms with Crippen LogP contribution >= 0.6 is 0 Å². The van der Waals surface area contributed by atoms with E-state index in [0.29, 0.717) is 25.1 Å². The van der Waals surface area contributed by atoms with Crippen molar-refractivity contribution in [2.24, 2.45) is 5.41 Å². The van der Waals surface area contributed by atoms with Gasteiger partial charge in [0.05, 0.1) is 12.7 Å². The normalized spacial score (nSPS) is 17.3. The van der Waals surface area contributed by atoms with Gasteiger partial charge in [0.2, 0.25) is 5.91 Å². The van der Waals surface area contributed by atoms with Crippen molar-refractivity contribution < 1.29 is 9.53 Å². The lowest BCUT2D eigenvalue weighted by molar-refractivity contribution is -0.123. The molecular formula is C17H22N2O2. The predicted molar refractivity (Wildman–Crippen MR) is 82.0 cm³/mol. The zero-order valence-electron chi connectivity index (χ0n) is 12.5. The van der Waals surface area contributed by atoms with Crippen LogP contribution in [0.3, 0.4) is 0 Å². The molecule has 1 N–H and O–H groups in total. The van der Waals surface area contributed by atoms with Gasteiger partial charge in [-0.05, 0) is 31.9 Å². The molecule has 4 heteroatoms. The van der Waals surface area contributed by atoms with Crippen molar-refractivity contribution in [2.45, 2.75) is 45.4 Å². The van der Waals surface area contributed by atoms with Crippen molar-refractivity contribution in [3.8, 4) is 11.8 Å². The van der Waals surface area contributed by atoms with E-state index in [1.165, 1.54) is 0 Å². The number of nitriles is 1. The molecule has 0 unspecified atom stereocenters. The van der Waals surface area contributed by atoms with E-state index in [4.69, 9.17) is 4.74 Å². The van der Waals surface area contributed by atoms with Gasteiger partial charge in [0, 0.05) is 11.8 Å². The number of hydrogen-bond acceptors (Lipinski definition) is 3. The largest absolute Gasteiger partial charge is 0.494 e. The van der Waals surface area contributed by atoms with Gasteiger partial charge in [-0.25, -0.2) is 0 Å². The van der Waals surface area contributed by atoms with Crippen LogP contribution in [-0.4, -0.2) is 12.5 Å². The fourth-order valence-electron chi connectivity index (χ4n) is 2.80. The first-order valence-corrected chi connectivity index (χ1v) is 7.66. The molecule has 0 saturated heterocycles. The van der Waals surface area contributed by atoms with Gasteiger partial charge in [0.1, 0.15) is 11.2 Å². The second kappa shape index (κ2) is 7.12. The van der Waals surface area contributed by atoms with E-state index in [9.17, 15) is 10.1 Å². The molecule has 21 heavy (non-hydrogen) atoms. The summed E-state index contributed by atoms with van der Waals surface area (Å²) in [5, 5.41) is 12.4. The molecule has 0 atom stereocenters. The molecule has 1 fully saturated rings. The van der Waals surface area contributed by atoms with Crippen LogP contribution in [0.25, 0.3) is 0 Å². The number of hydrogen-bond donors (Lipinski definition) is 1. The van der Waals surface area contributed by atoms with Crippen molar-refractivity contribution in [1.29, 1.82) is 5.26 Å². The summed E-state index contributed by atoms with van der Waals surface area (Å²) in [4.78, 5) is 12.6. The van der Waals surface area contributed by atoms with Crippen molar-refractivity contribution >= 4 is 11.6 Å². The van der Waals surface area contributed by atoms with Crippen LogP contribution in [0.1, 0.15) is 45.4 Å². The van der Waals surface area contributed by atoms with Crippen LogP contribution in [0, 0.1) is 16.7 Å². The number of carbonyl (C=O) groups is 1. The zero-order valence-corrected chi connectivity index (χ0v) is 12.5. The van der Waals surface area contributed by atoms with Crippen LogP contribution in [0.15, 0.2) is 24.3 Å². The summed E-state index contributed by atoms with van der Waals surface area (Å²) < 4.78 is 5.43. The van der Waals surface area contributed by atoms with E-state index in [1.807, 2.05) is 25.1 Å². The highest BCUT2D eigenvalue weighted by Crippen LogP contribution is 2.35. The standard InChI is InChI=1S/C17H22N2O2/c1-2-21-15-9-7-8-14(12-15)19-16(20)17(13-18)10-5-3-4-6-11-17/h7-9,12H,2-6,10-11H2,1H3,(H,19,20). The number of nitrogens with one attached hydrogen (secondary N) is 1. The number of rotatable bonds is 4. The maximum atomic E-state index is 12.6. The van der Waals surface area contributed by atoms with Gasteiger partial charge in [-0.1, -0.05) is 31.7 Å². The maximum Gasteiger partial charge on any atom is 0.244 e. The maximum absolute atomic E-state index is 12.6. The van der Waals surface area contributed by atoms with Gasteiger partial charge in [-0.2, -0.15) is 5.26 Å². The Hall–Kier alpha value is -2.02. The molecule has 1 aromatic carbocycles. The Morgan fingerprint density at radius 2 is 2.05 bits per heavy atom. The van der Waals surface area contributed by atoms with E-state index >= 15 is 0 Å². The molecular weight excluding hydrogens is 264 g/mol. The summed E-state index contributed by atoms with van der Waals surface area (Å²) in [6.45, 7) is 2.50. The Balaban J connectivity index is 2.12.